The Morgan fingerprint density at radius 2 is 2.30 bits per heavy atom. The molecule has 1 aromatic carbocycles. The van der Waals surface area contributed by atoms with Crippen LogP contribution in [-0.2, 0) is 6.54 Å². The Morgan fingerprint density at radius 1 is 1.39 bits per heavy atom. The van der Waals surface area contributed by atoms with Gasteiger partial charge in [-0.15, -0.1) is 0 Å². The minimum atomic E-state index is -0.539. The molecule has 2 heterocycles. The van der Waals surface area contributed by atoms with Gasteiger partial charge in [-0.05, 0) is 48.4 Å². The van der Waals surface area contributed by atoms with Crippen LogP contribution < -0.4 is 10.1 Å². The molecular formula is C18H22N2O2S. The molecule has 1 atom stereocenters. The van der Waals surface area contributed by atoms with Crippen LogP contribution in [-0.4, -0.2) is 33.7 Å². The summed E-state index contributed by atoms with van der Waals surface area (Å²) in [7, 11) is 0. The summed E-state index contributed by atoms with van der Waals surface area (Å²) in [5.41, 5.74) is 1.74. The molecule has 1 saturated heterocycles. The van der Waals surface area contributed by atoms with Crippen molar-refractivity contribution >= 4 is 11.8 Å². The first-order chi connectivity index (χ1) is 11.1. The number of pyridine rings is 1. The first kappa shape index (κ1) is 16.3. The topological polar surface area (TPSA) is 54.4 Å². The first-order valence-corrected chi connectivity index (χ1v) is 8.98. The molecule has 1 unspecified atom stereocenters. The van der Waals surface area contributed by atoms with Crippen molar-refractivity contribution in [3.8, 4) is 11.5 Å². The van der Waals surface area contributed by atoms with Crippen molar-refractivity contribution in [1.82, 2.24) is 10.3 Å². The smallest absolute Gasteiger partial charge is 0.145 e. The zero-order chi connectivity index (χ0) is 16.1. The Hall–Kier alpha value is -1.56. The molecule has 0 saturated carbocycles. The predicted octanol–water partition coefficient (Wildman–Crippen LogP) is 3.14. The molecule has 1 aliphatic rings. The van der Waals surface area contributed by atoms with Crippen LogP contribution in [0.5, 0.6) is 11.5 Å². The fourth-order valence-electron chi connectivity index (χ4n) is 2.65. The van der Waals surface area contributed by atoms with E-state index in [1.165, 1.54) is 5.56 Å². The molecule has 0 spiro atoms. The average molecular weight is 330 g/mol. The number of rotatable bonds is 6. The molecule has 1 aromatic heterocycles. The number of hydrogen-bond donors (Lipinski definition) is 2. The third-order valence-corrected chi connectivity index (χ3v) is 5.20. The fourth-order valence-corrected chi connectivity index (χ4v) is 3.94. The van der Waals surface area contributed by atoms with Crippen LogP contribution in [0.4, 0.5) is 0 Å². The highest BCUT2D eigenvalue weighted by Crippen LogP contribution is 2.27. The van der Waals surface area contributed by atoms with Crippen molar-refractivity contribution in [2.75, 3.05) is 18.1 Å². The molecule has 3 rings (SSSR count). The lowest BCUT2D eigenvalue weighted by Gasteiger charge is -2.21. The molecule has 2 aromatic rings. The number of benzene rings is 1. The Bertz CT molecular complexity index is 643. The highest BCUT2D eigenvalue weighted by atomic mass is 32.2. The van der Waals surface area contributed by atoms with Gasteiger partial charge in [0.25, 0.3) is 0 Å². The van der Waals surface area contributed by atoms with Gasteiger partial charge in [0.15, 0.2) is 0 Å². The third-order valence-electron chi connectivity index (χ3n) is 3.97. The van der Waals surface area contributed by atoms with Crippen LogP contribution in [0.3, 0.4) is 0 Å². The van der Waals surface area contributed by atoms with Gasteiger partial charge in [0, 0.05) is 25.0 Å². The number of hydrogen-bond acceptors (Lipinski definition) is 5. The van der Waals surface area contributed by atoms with E-state index >= 15 is 0 Å². The summed E-state index contributed by atoms with van der Waals surface area (Å²) in [6.45, 7) is 3.43. The maximum Gasteiger partial charge on any atom is 0.145 e. The van der Waals surface area contributed by atoms with Gasteiger partial charge in [0.2, 0.25) is 0 Å². The van der Waals surface area contributed by atoms with Crippen LogP contribution in [0.1, 0.15) is 17.5 Å². The van der Waals surface area contributed by atoms with Crippen molar-refractivity contribution < 1.29 is 9.84 Å². The molecule has 2 N–H and O–H groups in total. The van der Waals surface area contributed by atoms with E-state index in [9.17, 15) is 5.11 Å². The van der Waals surface area contributed by atoms with E-state index in [0.29, 0.717) is 6.54 Å². The minimum Gasteiger partial charge on any atom is -0.455 e. The standard InChI is InChI=1S/C18H22N2O2S/c1-14-9-15(10-20-12-18(21)6-8-23-13-18)4-5-17(14)22-16-3-2-7-19-11-16/h2-5,7,9,11,20-21H,6,8,10,12-13H2,1H3. The Morgan fingerprint density at radius 3 is 3.00 bits per heavy atom. The quantitative estimate of drug-likeness (QED) is 0.852. The maximum absolute atomic E-state index is 10.3. The van der Waals surface area contributed by atoms with E-state index in [1.54, 1.807) is 12.4 Å². The second kappa shape index (κ2) is 7.34. The lowest BCUT2D eigenvalue weighted by Crippen LogP contribution is -2.40. The van der Waals surface area contributed by atoms with E-state index in [-0.39, 0.29) is 0 Å². The largest absolute Gasteiger partial charge is 0.455 e. The molecule has 0 aliphatic carbocycles. The molecule has 23 heavy (non-hydrogen) atoms. The summed E-state index contributed by atoms with van der Waals surface area (Å²) in [5.74, 6) is 3.46. The molecule has 4 nitrogen and oxygen atoms in total. The van der Waals surface area contributed by atoms with Gasteiger partial charge in [-0.1, -0.05) is 12.1 Å². The summed E-state index contributed by atoms with van der Waals surface area (Å²) in [4.78, 5) is 4.05. The third kappa shape index (κ3) is 4.47. The molecule has 0 amide bonds. The normalized spacial score (nSPS) is 20.6. The summed E-state index contributed by atoms with van der Waals surface area (Å²) in [6, 6.07) is 9.90. The SMILES string of the molecule is Cc1cc(CNCC2(O)CCSC2)ccc1Oc1cccnc1. The number of nitrogens with zero attached hydrogens (tertiary/aromatic N) is 1. The predicted molar refractivity (Wildman–Crippen MR) is 94.1 cm³/mol. The van der Waals surface area contributed by atoms with Crippen molar-refractivity contribution in [1.29, 1.82) is 0 Å². The monoisotopic (exact) mass is 330 g/mol. The van der Waals surface area contributed by atoms with Crippen LogP contribution in [0.2, 0.25) is 0 Å². The number of aromatic nitrogens is 1. The van der Waals surface area contributed by atoms with E-state index in [2.05, 4.69) is 22.4 Å². The summed E-state index contributed by atoms with van der Waals surface area (Å²) < 4.78 is 5.84. The molecule has 0 radical (unpaired) electrons. The highest BCUT2D eigenvalue weighted by Gasteiger charge is 2.30. The van der Waals surface area contributed by atoms with Gasteiger partial charge < -0.3 is 15.2 Å². The zero-order valence-corrected chi connectivity index (χ0v) is 14.1. The van der Waals surface area contributed by atoms with Crippen molar-refractivity contribution in [3.63, 3.8) is 0 Å². The van der Waals surface area contributed by atoms with Gasteiger partial charge in [0.05, 0.1) is 11.8 Å². The Labute approximate surface area is 141 Å². The van der Waals surface area contributed by atoms with E-state index in [0.717, 1.165) is 41.5 Å². The summed E-state index contributed by atoms with van der Waals surface area (Å²) in [6.07, 6.45) is 4.31. The average Bonchev–Trinajstić information content (AvgIpc) is 2.98. The number of ether oxygens (including phenoxy) is 1. The summed E-state index contributed by atoms with van der Waals surface area (Å²) in [5, 5.41) is 13.7. The molecule has 5 heteroatoms. The van der Waals surface area contributed by atoms with Gasteiger partial charge in [0.1, 0.15) is 11.5 Å². The first-order valence-electron chi connectivity index (χ1n) is 7.83. The Kier molecular flexibility index (Phi) is 5.20. The van der Waals surface area contributed by atoms with Gasteiger partial charge >= 0.3 is 0 Å². The molecular weight excluding hydrogens is 308 g/mol. The minimum absolute atomic E-state index is 0.539. The summed E-state index contributed by atoms with van der Waals surface area (Å²) >= 11 is 1.82. The fraction of sp³-hybridized carbons (Fsp3) is 0.389. The van der Waals surface area contributed by atoms with Gasteiger partial charge in [-0.2, -0.15) is 11.8 Å². The van der Waals surface area contributed by atoms with Gasteiger partial charge in [-0.3, -0.25) is 4.98 Å². The second-order valence-corrected chi connectivity index (χ2v) is 7.13. The van der Waals surface area contributed by atoms with Crippen LogP contribution in [0, 0.1) is 6.92 Å². The molecule has 0 bridgehead atoms. The molecule has 1 aliphatic heterocycles. The van der Waals surface area contributed by atoms with Gasteiger partial charge in [-0.25, -0.2) is 0 Å². The maximum atomic E-state index is 10.3. The lowest BCUT2D eigenvalue weighted by atomic mass is 10.0. The number of aliphatic hydroxyl groups is 1. The second-order valence-electron chi connectivity index (χ2n) is 6.02. The van der Waals surface area contributed by atoms with E-state index in [1.807, 2.05) is 36.9 Å². The molecule has 122 valence electrons. The van der Waals surface area contributed by atoms with E-state index in [4.69, 9.17) is 4.74 Å². The number of thioether (sulfide) groups is 1. The molecule has 1 fully saturated rings. The van der Waals surface area contributed by atoms with Crippen molar-refractivity contribution in [2.45, 2.75) is 25.5 Å². The van der Waals surface area contributed by atoms with Crippen molar-refractivity contribution in [3.05, 3.63) is 53.9 Å². The van der Waals surface area contributed by atoms with Crippen LogP contribution in [0.25, 0.3) is 0 Å². The highest BCUT2D eigenvalue weighted by molar-refractivity contribution is 7.99. The zero-order valence-electron chi connectivity index (χ0n) is 13.3. The van der Waals surface area contributed by atoms with E-state index < -0.39 is 5.60 Å². The number of aryl methyl sites for hydroxylation is 1. The van der Waals surface area contributed by atoms with Crippen LogP contribution >= 0.6 is 11.8 Å². The van der Waals surface area contributed by atoms with Crippen LogP contribution in [0.15, 0.2) is 42.7 Å². The Balaban J connectivity index is 1.56. The number of nitrogens with one attached hydrogen (secondary N) is 1. The van der Waals surface area contributed by atoms with Crippen molar-refractivity contribution in [2.24, 2.45) is 0 Å². The lowest BCUT2D eigenvalue weighted by molar-refractivity contribution is 0.0674.